The van der Waals surface area contributed by atoms with Gasteiger partial charge < -0.3 is 0 Å². The first kappa shape index (κ1) is 12.8. The number of hydrogen-bond donors (Lipinski definition) is 0. The van der Waals surface area contributed by atoms with E-state index >= 15 is 0 Å². The third-order valence-electron chi connectivity index (χ3n) is 1.76. The number of nitro groups is 3. The molecule has 0 unspecified atom stereocenters. The number of rotatable bonds is 4. The summed E-state index contributed by atoms with van der Waals surface area (Å²) in [6.07, 6.45) is -1.44. The first-order valence-corrected chi connectivity index (χ1v) is 4.74. The monoisotopic (exact) mass is 304 g/mol. The normalized spacial score (nSPS) is 9.71. The van der Waals surface area contributed by atoms with Gasteiger partial charge in [-0.15, -0.1) is 22.0 Å². The Balaban J connectivity index is 3.51. The second-order valence-corrected chi connectivity index (χ2v) is 3.58. The molecule has 0 spiro atoms. The minimum atomic E-state index is -1.44. The Kier molecular flexibility index (Phi) is 3.58. The van der Waals surface area contributed by atoms with Gasteiger partial charge in [0.2, 0.25) is 0 Å². The largest absolute Gasteiger partial charge is 0.467 e. The van der Waals surface area contributed by atoms with Crippen LogP contribution in [0.5, 0.6) is 0 Å². The van der Waals surface area contributed by atoms with Gasteiger partial charge in [-0.25, -0.2) is 0 Å². The minimum Gasteiger partial charge on any atom is -0.270 e. The van der Waals surface area contributed by atoms with Crippen molar-refractivity contribution in [2.45, 2.75) is 0 Å². The molecule has 0 heterocycles. The van der Waals surface area contributed by atoms with Gasteiger partial charge in [0, 0.05) is 4.92 Å². The summed E-state index contributed by atoms with van der Waals surface area (Å²) in [5, 5.41) is 31.8. The molecule has 1 aromatic rings. The van der Waals surface area contributed by atoms with Crippen molar-refractivity contribution in [3.8, 4) is 0 Å². The number of nitro benzene ring substituents is 1. The molecular formula is C7H3BrN3O6-. The van der Waals surface area contributed by atoms with Crippen LogP contribution in [-0.4, -0.2) is 14.8 Å². The third-order valence-corrected chi connectivity index (χ3v) is 2.42. The van der Waals surface area contributed by atoms with Gasteiger partial charge in [-0.3, -0.25) is 30.3 Å². The van der Waals surface area contributed by atoms with Crippen LogP contribution in [0.3, 0.4) is 0 Å². The number of hydrogen-bond acceptors (Lipinski definition) is 6. The Labute approximate surface area is 102 Å². The zero-order chi connectivity index (χ0) is 13.2. The summed E-state index contributed by atoms with van der Waals surface area (Å²) in [5.41, 5.74) is -1.37. The van der Waals surface area contributed by atoms with Gasteiger partial charge >= 0.3 is 6.17 Å². The fourth-order valence-electron chi connectivity index (χ4n) is 1.14. The van der Waals surface area contributed by atoms with Crippen LogP contribution < -0.4 is 0 Å². The van der Waals surface area contributed by atoms with Crippen LogP contribution in [0.25, 0.3) is 0 Å². The highest BCUT2D eigenvalue weighted by atomic mass is 79.9. The molecule has 0 aliphatic carbocycles. The molecule has 0 aliphatic rings. The molecule has 90 valence electrons. The number of nitrogens with zero attached hydrogens (tertiary/aromatic N) is 3. The molecule has 0 saturated heterocycles. The molecule has 1 aromatic carbocycles. The van der Waals surface area contributed by atoms with E-state index in [1.807, 2.05) is 0 Å². The van der Waals surface area contributed by atoms with E-state index in [0.717, 1.165) is 6.07 Å². The van der Waals surface area contributed by atoms with Gasteiger partial charge in [-0.2, -0.15) is 0 Å². The lowest BCUT2D eigenvalue weighted by molar-refractivity contribution is -0.661. The molecule has 0 atom stereocenters. The van der Waals surface area contributed by atoms with Crippen molar-refractivity contribution >= 4 is 21.6 Å². The summed E-state index contributed by atoms with van der Waals surface area (Å²) in [5.74, 6) is 0. The summed E-state index contributed by atoms with van der Waals surface area (Å²) in [4.78, 5) is 28.3. The zero-order valence-corrected chi connectivity index (χ0v) is 9.49. The molecule has 0 aromatic heterocycles. The van der Waals surface area contributed by atoms with Crippen molar-refractivity contribution in [1.82, 2.24) is 0 Å². The highest BCUT2D eigenvalue weighted by Gasteiger charge is 2.37. The Morgan fingerprint density at radius 1 is 1.06 bits per heavy atom. The van der Waals surface area contributed by atoms with Crippen molar-refractivity contribution in [3.05, 3.63) is 64.7 Å². The Morgan fingerprint density at radius 2 is 1.59 bits per heavy atom. The maximum atomic E-state index is 10.6. The minimum absolute atomic E-state index is 0.0879. The molecule has 0 bridgehead atoms. The van der Waals surface area contributed by atoms with E-state index in [1.54, 1.807) is 0 Å². The molecule has 0 fully saturated rings. The summed E-state index contributed by atoms with van der Waals surface area (Å²) in [6.45, 7) is 0. The first-order valence-electron chi connectivity index (χ1n) is 3.95. The third kappa shape index (κ3) is 2.47. The quantitative estimate of drug-likeness (QED) is 0.473. The van der Waals surface area contributed by atoms with E-state index in [9.17, 15) is 30.3 Å². The summed E-state index contributed by atoms with van der Waals surface area (Å²) >= 11 is 2.82. The van der Waals surface area contributed by atoms with Crippen LogP contribution in [0.15, 0.2) is 22.7 Å². The Hall–Kier alpha value is -2.23. The van der Waals surface area contributed by atoms with Gasteiger partial charge in [-0.05, 0) is 6.07 Å². The zero-order valence-electron chi connectivity index (χ0n) is 7.90. The van der Waals surface area contributed by atoms with Crippen LogP contribution >= 0.6 is 15.9 Å². The van der Waals surface area contributed by atoms with E-state index in [0.29, 0.717) is 0 Å². The van der Waals surface area contributed by atoms with Crippen LogP contribution in [0, 0.1) is 36.5 Å². The second-order valence-electron chi connectivity index (χ2n) is 2.73. The van der Waals surface area contributed by atoms with Crippen LogP contribution in [0.2, 0.25) is 0 Å². The van der Waals surface area contributed by atoms with E-state index in [-0.39, 0.29) is 4.47 Å². The maximum absolute atomic E-state index is 10.6. The molecule has 0 aliphatic heterocycles. The molecule has 0 N–H and O–H groups in total. The van der Waals surface area contributed by atoms with E-state index < -0.39 is 32.2 Å². The average molecular weight is 305 g/mol. The van der Waals surface area contributed by atoms with Crippen molar-refractivity contribution < 1.29 is 14.8 Å². The lowest BCUT2D eigenvalue weighted by atomic mass is 10.1. The predicted molar refractivity (Wildman–Crippen MR) is 57.1 cm³/mol. The maximum Gasteiger partial charge on any atom is 0.467 e. The summed E-state index contributed by atoms with van der Waals surface area (Å²) in [7, 11) is 0. The van der Waals surface area contributed by atoms with Crippen molar-refractivity contribution in [1.29, 1.82) is 0 Å². The summed E-state index contributed by atoms with van der Waals surface area (Å²) in [6, 6.07) is 3.45. The molecule has 1 rings (SSSR count). The first-order chi connectivity index (χ1) is 7.86. The van der Waals surface area contributed by atoms with E-state index in [1.165, 1.54) is 12.1 Å². The lowest BCUT2D eigenvalue weighted by Gasteiger charge is -2.11. The van der Waals surface area contributed by atoms with E-state index in [4.69, 9.17) is 0 Å². The lowest BCUT2D eigenvalue weighted by Crippen LogP contribution is -2.22. The average Bonchev–Trinajstić information content (AvgIpc) is 2.19. The van der Waals surface area contributed by atoms with Crippen molar-refractivity contribution in [2.24, 2.45) is 0 Å². The van der Waals surface area contributed by atoms with Gasteiger partial charge in [0.1, 0.15) is 0 Å². The SMILES string of the molecule is O=[N+]([O-])c1cccc(Br)c1[C-]([N+](=O)[O-])[N+](=O)[O-]. The number of halogens is 1. The second kappa shape index (κ2) is 4.74. The fraction of sp³-hybridized carbons (Fsp3) is 0. The van der Waals surface area contributed by atoms with Crippen LogP contribution in [0.1, 0.15) is 5.56 Å². The van der Waals surface area contributed by atoms with Crippen LogP contribution in [0.4, 0.5) is 5.69 Å². The smallest absolute Gasteiger partial charge is 0.270 e. The van der Waals surface area contributed by atoms with Gasteiger partial charge in [0.25, 0.3) is 0 Å². The van der Waals surface area contributed by atoms with Gasteiger partial charge in [0.15, 0.2) is 5.69 Å². The molecule has 0 radical (unpaired) electrons. The molecule has 10 heteroatoms. The Morgan fingerprint density at radius 3 is 2.00 bits per heavy atom. The standard InChI is InChI=1S/C7H3BrN3O6/c8-4-2-1-3-5(9(12)13)6(4)7(10(14)15)11(16)17/h1-3H/q-1. The topological polar surface area (TPSA) is 129 Å². The number of benzene rings is 1. The van der Waals surface area contributed by atoms with E-state index in [2.05, 4.69) is 15.9 Å². The molecule has 0 amide bonds. The van der Waals surface area contributed by atoms with Crippen LogP contribution in [-0.2, 0) is 0 Å². The summed E-state index contributed by atoms with van der Waals surface area (Å²) < 4.78 is -0.0879. The molecule has 9 nitrogen and oxygen atoms in total. The fourth-order valence-corrected chi connectivity index (χ4v) is 1.67. The van der Waals surface area contributed by atoms with Gasteiger partial charge in [-0.1, -0.05) is 10.5 Å². The molecule has 0 saturated carbocycles. The van der Waals surface area contributed by atoms with Crippen molar-refractivity contribution in [3.63, 3.8) is 0 Å². The highest BCUT2D eigenvalue weighted by Crippen LogP contribution is 2.33. The molecular weight excluding hydrogens is 302 g/mol. The molecule has 17 heavy (non-hydrogen) atoms. The Bertz CT molecular complexity index is 490. The van der Waals surface area contributed by atoms with Gasteiger partial charge in [0.05, 0.1) is 15.4 Å². The highest BCUT2D eigenvalue weighted by molar-refractivity contribution is 9.10. The van der Waals surface area contributed by atoms with Crippen molar-refractivity contribution in [2.75, 3.05) is 0 Å². The predicted octanol–water partition coefficient (Wildman–Crippen LogP) is 1.75.